The van der Waals surface area contributed by atoms with Gasteiger partial charge in [-0.2, -0.15) is 0 Å². The summed E-state index contributed by atoms with van der Waals surface area (Å²) in [6, 6.07) is 3.43. The van der Waals surface area contributed by atoms with Crippen molar-refractivity contribution in [2.75, 3.05) is 0 Å². The Bertz CT molecular complexity index is 450. The van der Waals surface area contributed by atoms with Crippen molar-refractivity contribution in [2.45, 2.75) is 6.92 Å². The summed E-state index contributed by atoms with van der Waals surface area (Å²) in [6.07, 6.45) is 1.59. The van der Waals surface area contributed by atoms with E-state index in [4.69, 9.17) is 4.84 Å². The zero-order valence-corrected chi connectivity index (χ0v) is 6.84. The van der Waals surface area contributed by atoms with Gasteiger partial charge in [0.2, 0.25) is 5.65 Å². The van der Waals surface area contributed by atoms with Crippen LogP contribution in [0.5, 0.6) is 0 Å². The summed E-state index contributed by atoms with van der Waals surface area (Å²) >= 11 is 0. The number of hydrogen-bond acceptors (Lipinski definition) is 5. The predicted octanol–water partition coefficient (Wildman–Crippen LogP) is -0.199. The van der Waals surface area contributed by atoms with Crippen molar-refractivity contribution in [3.8, 4) is 0 Å². The van der Waals surface area contributed by atoms with E-state index in [-0.39, 0.29) is 0 Å². The third-order valence-corrected chi connectivity index (χ3v) is 1.41. The average Bonchev–Trinajstić information content (AvgIpc) is 2.48. The molecule has 0 N–H and O–H groups in total. The Kier molecular flexibility index (Phi) is 1.66. The number of aromatic nitrogens is 4. The molecular weight excluding hydrogens is 172 g/mol. The van der Waals surface area contributed by atoms with Gasteiger partial charge in [-0.25, -0.2) is 9.78 Å². The van der Waals surface area contributed by atoms with Crippen molar-refractivity contribution >= 4 is 17.1 Å². The van der Waals surface area contributed by atoms with E-state index in [0.717, 1.165) is 4.85 Å². The molecule has 0 saturated carbocycles. The molecule has 6 heteroatoms. The topological polar surface area (TPSA) is 69.9 Å². The molecule has 0 aliphatic carbocycles. The minimum absolute atomic E-state index is 0.448. The Labute approximate surface area is 73.1 Å². The van der Waals surface area contributed by atoms with Crippen molar-refractivity contribution in [2.24, 2.45) is 0 Å². The molecule has 0 radical (unpaired) electrons. The second kappa shape index (κ2) is 2.81. The van der Waals surface area contributed by atoms with Gasteiger partial charge in [0.05, 0.1) is 0 Å². The highest BCUT2D eigenvalue weighted by molar-refractivity contribution is 5.71. The average molecular weight is 178 g/mol. The van der Waals surface area contributed by atoms with Gasteiger partial charge in [0.15, 0.2) is 5.52 Å². The molecule has 0 aliphatic rings. The lowest BCUT2D eigenvalue weighted by molar-refractivity contribution is -0.142. The Hall–Kier alpha value is -1.98. The molecule has 0 aromatic carbocycles. The zero-order valence-electron chi connectivity index (χ0n) is 6.84. The molecule has 2 rings (SSSR count). The summed E-state index contributed by atoms with van der Waals surface area (Å²) in [7, 11) is 0. The molecule has 0 bridgehead atoms. The first-order chi connectivity index (χ1) is 6.27. The molecule has 0 atom stereocenters. The molecule has 0 fully saturated rings. The van der Waals surface area contributed by atoms with Gasteiger partial charge in [0.1, 0.15) is 0 Å². The second-order valence-electron chi connectivity index (χ2n) is 2.39. The molecular formula is C7H6N4O2. The minimum atomic E-state index is -0.448. The Morgan fingerprint density at radius 3 is 3.23 bits per heavy atom. The standard InChI is InChI=1S/C7H6N4O2/c1-5(12)13-11-6-3-2-4-8-7(6)9-10-11/h2-4H,1H3. The minimum Gasteiger partial charge on any atom is -0.318 e. The maximum absolute atomic E-state index is 10.6. The largest absolute Gasteiger partial charge is 0.332 e. The maximum atomic E-state index is 10.6. The van der Waals surface area contributed by atoms with Crippen LogP contribution in [0.2, 0.25) is 0 Å². The van der Waals surface area contributed by atoms with Gasteiger partial charge in [-0.05, 0) is 17.3 Å². The van der Waals surface area contributed by atoms with Crippen LogP contribution in [-0.2, 0) is 4.79 Å². The van der Waals surface area contributed by atoms with E-state index in [1.807, 2.05) is 0 Å². The van der Waals surface area contributed by atoms with Gasteiger partial charge in [0, 0.05) is 13.1 Å². The SMILES string of the molecule is CC(=O)On1nnc2ncccc21. The molecule has 66 valence electrons. The van der Waals surface area contributed by atoms with Gasteiger partial charge in [-0.1, -0.05) is 4.85 Å². The number of fused-ring (bicyclic) bond motifs is 1. The monoisotopic (exact) mass is 178 g/mol. The van der Waals surface area contributed by atoms with E-state index in [1.54, 1.807) is 18.3 Å². The third-order valence-electron chi connectivity index (χ3n) is 1.41. The summed E-state index contributed by atoms with van der Waals surface area (Å²) in [6.45, 7) is 1.30. The summed E-state index contributed by atoms with van der Waals surface area (Å²) in [5.74, 6) is -0.448. The van der Waals surface area contributed by atoms with Crippen LogP contribution < -0.4 is 4.84 Å². The Morgan fingerprint density at radius 1 is 1.62 bits per heavy atom. The van der Waals surface area contributed by atoms with Gasteiger partial charge < -0.3 is 4.84 Å². The maximum Gasteiger partial charge on any atom is 0.332 e. The van der Waals surface area contributed by atoms with E-state index < -0.39 is 5.97 Å². The lowest BCUT2D eigenvalue weighted by Gasteiger charge is -1.97. The van der Waals surface area contributed by atoms with Crippen molar-refractivity contribution in [3.05, 3.63) is 18.3 Å². The van der Waals surface area contributed by atoms with Crippen LogP contribution >= 0.6 is 0 Å². The number of hydrogen-bond donors (Lipinski definition) is 0. The Balaban J connectivity index is 2.51. The summed E-state index contributed by atoms with van der Waals surface area (Å²) in [4.78, 5) is 20.3. The highest BCUT2D eigenvalue weighted by Gasteiger charge is 2.06. The molecule has 2 aromatic rings. The molecule has 0 saturated heterocycles. The highest BCUT2D eigenvalue weighted by atomic mass is 16.7. The number of carbonyl (C=O) groups is 1. The van der Waals surface area contributed by atoms with Crippen LogP contribution in [0.15, 0.2) is 18.3 Å². The van der Waals surface area contributed by atoms with Crippen LogP contribution in [0.25, 0.3) is 11.2 Å². The van der Waals surface area contributed by atoms with Gasteiger partial charge in [-0.15, -0.1) is 5.10 Å². The van der Waals surface area contributed by atoms with Crippen molar-refractivity contribution in [1.82, 2.24) is 20.1 Å². The van der Waals surface area contributed by atoms with Crippen molar-refractivity contribution in [3.63, 3.8) is 0 Å². The second-order valence-corrected chi connectivity index (χ2v) is 2.39. The number of pyridine rings is 1. The molecule has 0 unspecified atom stereocenters. The third kappa shape index (κ3) is 1.33. The van der Waals surface area contributed by atoms with Crippen molar-refractivity contribution in [1.29, 1.82) is 0 Å². The molecule has 0 amide bonds. The lowest BCUT2D eigenvalue weighted by atomic mass is 10.4. The number of carbonyl (C=O) groups excluding carboxylic acids is 1. The van der Waals surface area contributed by atoms with Crippen LogP contribution in [0.3, 0.4) is 0 Å². The van der Waals surface area contributed by atoms with E-state index in [9.17, 15) is 4.79 Å². The molecule has 2 heterocycles. The molecule has 6 nitrogen and oxygen atoms in total. The first-order valence-electron chi connectivity index (χ1n) is 3.63. The van der Waals surface area contributed by atoms with Crippen LogP contribution in [-0.4, -0.2) is 26.1 Å². The lowest BCUT2D eigenvalue weighted by Crippen LogP contribution is -2.17. The van der Waals surface area contributed by atoms with E-state index in [1.165, 1.54) is 6.92 Å². The first-order valence-corrected chi connectivity index (χ1v) is 3.63. The van der Waals surface area contributed by atoms with E-state index >= 15 is 0 Å². The van der Waals surface area contributed by atoms with Crippen molar-refractivity contribution < 1.29 is 9.63 Å². The molecule has 2 aromatic heterocycles. The fourth-order valence-electron chi connectivity index (χ4n) is 0.935. The van der Waals surface area contributed by atoms with E-state index in [0.29, 0.717) is 11.2 Å². The fraction of sp³-hybridized carbons (Fsp3) is 0.143. The molecule has 0 spiro atoms. The molecule has 0 aliphatic heterocycles. The van der Waals surface area contributed by atoms with Crippen LogP contribution in [0, 0.1) is 0 Å². The predicted molar refractivity (Wildman–Crippen MR) is 42.6 cm³/mol. The summed E-state index contributed by atoms with van der Waals surface area (Å²) in [5, 5.41) is 7.29. The Morgan fingerprint density at radius 2 is 2.46 bits per heavy atom. The number of rotatable bonds is 1. The smallest absolute Gasteiger partial charge is 0.318 e. The fourth-order valence-corrected chi connectivity index (χ4v) is 0.935. The van der Waals surface area contributed by atoms with Gasteiger partial charge in [0.25, 0.3) is 0 Å². The summed E-state index contributed by atoms with van der Waals surface area (Å²) in [5.41, 5.74) is 1.02. The van der Waals surface area contributed by atoms with E-state index in [2.05, 4.69) is 15.3 Å². The van der Waals surface area contributed by atoms with Gasteiger partial charge in [-0.3, -0.25) is 0 Å². The van der Waals surface area contributed by atoms with Crippen LogP contribution in [0.1, 0.15) is 6.92 Å². The quantitative estimate of drug-likeness (QED) is 0.565. The highest BCUT2D eigenvalue weighted by Crippen LogP contribution is 2.04. The first kappa shape index (κ1) is 7.66. The zero-order chi connectivity index (χ0) is 9.26. The normalized spacial score (nSPS) is 10.2. The van der Waals surface area contributed by atoms with Gasteiger partial charge >= 0.3 is 5.97 Å². The molecule has 13 heavy (non-hydrogen) atoms. The summed E-state index contributed by atoms with van der Waals surface area (Å²) < 4.78 is 0. The number of nitrogens with zero attached hydrogens (tertiary/aromatic N) is 4. The van der Waals surface area contributed by atoms with Crippen LogP contribution in [0.4, 0.5) is 0 Å².